The van der Waals surface area contributed by atoms with Gasteiger partial charge in [0.25, 0.3) is 0 Å². The Morgan fingerprint density at radius 3 is 2.04 bits per heavy atom. The molecule has 2 fully saturated rings. The van der Waals surface area contributed by atoms with E-state index in [1.54, 1.807) is 7.11 Å². The second-order valence-corrected chi connectivity index (χ2v) is 13.5. The summed E-state index contributed by atoms with van der Waals surface area (Å²) in [6, 6.07) is 15.8. The number of halogens is 2. The van der Waals surface area contributed by atoms with Gasteiger partial charge in [-0.3, -0.25) is 9.59 Å². The third kappa shape index (κ3) is 7.04. The highest BCUT2D eigenvalue weighted by Crippen LogP contribution is 2.42. The van der Waals surface area contributed by atoms with Gasteiger partial charge in [-0.05, 0) is 30.5 Å². The number of fused-ring (bicyclic) bond motifs is 1. The molecule has 7 rings (SSSR count). The lowest BCUT2D eigenvalue weighted by molar-refractivity contribution is -0.120. The molecule has 13 heteroatoms. The maximum atomic E-state index is 11.5. The number of hydrogen-bond acceptors (Lipinski definition) is 8. The van der Waals surface area contributed by atoms with Crippen LogP contribution in [0.25, 0.3) is 44.8 Å². The fourth-order valence-corrected chi connectivity index (χ4v) is 7.34. The molecule has 2 atom stereocenters. The van der Waals surface area contributed by atoms with Crippen molar-refractivity contribution in [1.82, 2.24) is 40.8 Å². The summed E-state index contributed by atoms with van der Waals surface area (Å²) in [6.07, 6.45) is 6.74. The van der Waals surface area contributed by atoms with Gasteiger partial charge < -0.3 is 30.6 Å². The van der Waals surface area contributed by atoms with Gasteiger partial charge in [-0.2, -0.15) is 0 Å². The van der Waals surface area contributed by atoms with E-state index in [-0.39, 0.29) is 23.9 Å². The topological polar surface area (TPSA) is 135 Å². The van der Waals surface area contributed by atoms with E-state index in [0.717, 1.165) is 51.7 Å². The summed E-state index contributed by atoms with van der Waals surface area (Å²) < 4.78 is 7.64. The predicted molar refractivity (Wildman–Crippen MR) is 195 cm³/mol. The highest BCUT2D eigenvalue weighted by Gasteiger charge is 2.22. The van der Waals surface area contributed by atoms with Crippen molar-refractivity contribution in [2.75, 3.05) is 20.2 Å². The van der Waals surface area contributed by atoms with Crippen LogP contribution in [0, 0.1) is 0 Å². The zero-order chi connectivity index (χ0) is 34.8. The van der Waals surface area contributed by atoms with Crippen molar-refractivity contribution in [2.45, 2.75) is 50.9 Å². The van der Waals surface area contributed by atoms with Crippen molar-refractivity contribution in [3.05, 3.63) is 82.1 Å². The van der Waals surface area contributed by atoms with E-state index in [4.69, 9.17) is 42.9 Å². The number of nitrogens with one attached hydrogen (secondary N) is 4. The van der Waals surface area contributed by atoms with E-state index in [1.807, 2.05) is 66.3 Å². The van der Waals surface area contributed by atoms with Crippen LogP contribution >= 0.6 is 23.2 Å². The molecule has 2 amide bonds. The molecule has 2 aromatic carbocycles. The second-order valence-electron chi connectivity index (χ2n) is 12.8. The average Bonchev–Trinajstić information content (AvgIpc) is 3.83. The van der Waals surface area contributed by atoms with Gasteiger partial charge in [0.05, 0.1) is 22.8 Å². The number of methoxy groups -OCH3 is 1. The van der Waals surface area contributed by atoms with Gasteiger partial charge in [-0.15, -0.1) is 0 Å². The molecule has 11 nitrogen and oxygen atoms in total. The molecule has 4 N–H and O–H groups in total. The van der Waals surface area contributed by atoms with Gasteiger partial charge in [-0.1, -0.05) is 59.6 Å². The van der Waals surface area contributed by atoms with Gasteiger partial charge >= 0.3 is 0 Å². The highest BCUT2D eigenvalue weighted by molar-refractivity contribution is 6.39. The van der Waals surface area contributed by atoms with Crippen molar-refractivity contribution in [3.63, 3.8) is 0 Å². The minimum Gasteiger partial charge on any atom is -0.481 e. The summed E-state index contributed by atoms with van der Waals surface area (Å²) >= 11 is 14.2. The minimum atomic E-state index is 0.0988. The normalized spacial score (nSPS) is 17.4. The fourth-order valence-electron chi connectivity index (χ4n) is 6.71. The number of ether oxygens (including phenoxy) is 1. The van der Waals surface area contributed by atoms with Crippen molar-refractivity contribution in [1.29, 1.82) is 0 Å². The zero-order valence-corrected chi connectivity index (χ0v) is 29.4. The molecule has 0 saturated carbocycles. The smallest absolute Gasteiger partial charge is 0.220 e. The van der Waals surface area contributed by atoms with Crippen molar-refractivity contribution >= 4 is 46.0 Å². The van der Waals surface area contributed by atoms with Gasteiger partial charge in [0.15, 0.2) is 5.82 Å². The highest BCUT2D eigenvalue weighted by atomic mass is 35.5. The first-order chi connectivity index (χ1) is 24.3. The summed E-state index contributed by atoms with van der Waals surface area (Å²) in [5.41, 5.74) is 6.40. The van der Waals surface area contributed by atoms with E-state index in [2.05, 4.69) is 27.5 Å². The molecule has 50 heavy (non-hydrogen) atoms. The predicted octanol–water partition coefficient (Wildman–Crippen LogP) is 5.42. The standard InChI is InChI=1S/C37H38Cl2N8O3/c1-47-20-22(16-41-18-24-11-14-32(49)44-24)29-19-42-35(46-36(29)47)28-8-4-6-26(34(28)39)25-5-3-7-27(33(25)38)30-12-9-21(37(45-30)50-2)15-40-17-23-10-13-31(48)43-23/h3-9,12,19-20,23-24,40-41H,10-11,13-18H2,1-2H3,(H,43,48)(H,44,49)/t23-,24?/m0/s1. The summed E-state index contributed by atoms with van der Waals surface area (Å²) in [5, 5.41) is 14.8. The van der Waals surface area contributed by atoms with Crippen molar-refractivity contribution < 1.29 is 14.3 Å². The van der Waals surface area contributed by atoms with E-state index < -0.39 is 0 Å². The molecule has 2 saturated heterocycles. The Labute approximate surface area is 300 Å². The largest absolute Gasteiger partial charge is 0.481 e. The number of hydrogen-bond donors (Lipinski definition) is 4. The van der Waals surface area contributed by atoms with Crippen molar-refractivity contribution in [3.8, 4) is 39.7 Å². The Hall–Kier alpha value is -4.55. The third-order valence-corrected chi connectivity index (χ3v) is 10.1. The van der Waals surface area contributed by atoms with Crippen LogP contribution < -0.4 is 26.0 Å². The van der Waals surface area contributed by atoms with Crippen LogP contribution in [0.4, 0.5) is 0 Å². The van der Waals surface area contributed by atoms with E-state index in [0.29, 0.717) is 72.0 Å². The van der Waals surface area contributed by atoms with Gasteiger partial charge in [0.1, 0.15) is 5.65 Å². The number of nitrogens with zero attached hydrogens (tertiary/aromatic N) is 4. The molecular formula is C37H38Cl2N8O3. The van der Waals surface area contributed by atoms with Crippen molar-refractivity contribution in [2.24, 2.45) is 7.05 Å². The number of pyridine rings is 1. The second kappa shape index (κ2) is 14.7. The molecular weight excluding hydrogens is 675 g/mol. The Morgan fingerprint density at radius 1 is 0.820 bits per heavy atom. The minimum absolute atomic E-state index is 0.0988. The molecule has 0 bridgehead atoms. The number of rotatable bonds is 12. The lowest BCUT2D eigenvalue weighted by Gasteiger charge is -2.15. The third-order valence-electron chi connectivity index (χ3n) is 9.32. The molecule has 2 aliphatic heterocycles. The number of aromatic nitrogens is 4. The van der Waals surface area contributed by atoms with Crippen LogP contribution in [0.1, 0.15) is 36.8 Å². The van der Waals surface area contributed by atoms with Crippen LogP contribution in [-0.4, -0.2) is 63.6 Å². The fraction of sp³-hybridized carbons (Fsp3) is 0.324. The van der Waals surface area contributed by atoms with Crippen LogP contribution in [-0.2, 0) is 29.7 Å². The summed E-state index contributed by atoms with van der Waals surface area (Å²) in [4.78, 5) is 37.5. The first kappa shape index (κ1) is 33.9. The quantitative estimate of drug-likeness (QED) is 0.135. The molecule has 0 radical (unpaired) electrons. The average molecular weight is 714 g/mol. The zero-order valence-electron chi connectivity index (χ0n) is 27.9. The maximum absolute atomic E-state index is 11.5. The molecule has 0 spiro atoms. The molecule has 5 heterocycles. The Morgan fingerprint density at radius 2 is 1.42 bits per heavy atom. The number of carbonyl (C=O) groups is 2. The van der Waals surface area contributed by atoms with E-state index >= 15 is 0 Å². The number of amides is 2. The first-order valence-corrected chi connectivity index (χ1v) is 17.5. The Balaban J connectivity index is 1.11. The summed E-state index contributed by atoms with van der Waals surface area (Å²) in [5.74, 6) is 1.22. The number of carbonyl (C=O) groups excluding carboxylic acids is 2. The van der Waals surface area contributed by atoms with Crippen LogP contribution in [0.5, 0.6) is 5.88 Å². The Bertz CT molecular complexity index is 2080. The summed E-state index contributed by atoms with van der Waals surface area (Å²) in [6.45, 7) is 2.58. The maximum Gasteiger partial charge on any atom is 0.220 e. The molecule has 1 unspecified atom stereocenters. The Kier molecular flexibility index (Phi) is 10.0. The molecule has 5 aromatic rings. The van der Waals surface area contributed by atoms with Crippen LogP contribution in [0.2, 0.25) is 10.0 Å². The monoisotopic (exact) mass is 712 g/mol. The molecule has 3 aromatic heterocycles. The van der Waals surface area contributed by atoms with E-state index in [9.17, 15) is 9.59 Å². The van der Waals surface area contributed by atoms with Gasteiger partial charge in [0.2, 0.25) is 17.7 Å². The number of benzene rings is 2. The van der Waals surface area contributed by atoms with Gasteiger partial charge in [-0.25, -0.2) is 15.0 Å². The number of aryl methyl sites for hydroxylation is 1. The molecule has 2 aliphatic rings. The van der Waals surface area contributed by atoms with Gasteiger partial charge in [0, 0.05) is 104 Å². The van der Waals surface area contributed by atoms with E-state index in [1.165, 1.54) is 0 Å². The first-order valence-electron chi connectivity index (χ1n) is 16.7. The van der Waals surface area contributed by atoms with Crippen LogP contribution in [0.3, 0.4) is 0 Å². The SMILES string of the molecule is COc1nc(-c2cccc(-c3cccc(-c4ncc5c(CNCC6CCC(=O)N6)cn(C)c5n4)c3Cl)c2Cl)ccc1CNC[C@@H]1CCC(=O)N1. The summed E-state index contributed by atoms with van der Waals surface area (Å²) in [7, 11) is 3.56. The molecule has 0 aliphatic carbocycles. The lowest BCUT2D eigenvalue weighted by Crippen LogP contribution is -2.35. The lowest BCUT2D eigenvalue weighted by atomic mass is 9.99. The molecule has 258 valence electrons. The van der Waals surface area contributed by atoms with Crippen LogP contribution in [0.15, 0.2) is 60.9 Å².